The summed E-state index contributed by atoms with van der Waals surface area (Å²) in [4.78, 5) is 10.0. The molecule has 0 amide bonds. The third-order valence-electron chi connectivity index (χ3n) is 11.1. The van der Waals surface area contributed by atoms with E-state index >= 15 is 0 Å². The molecule has 2 aromatic carbocycles. The van der Waals surface area contributed by atoms with Crippen molar-refractivity contribution in [3.05, 3.63) is 70.8 Å². The van der Waals surface area contributed by atoms with Gasteiger partial charge in [0.05, 0.1) is 23.3 Å². The van der Waals surface area contributed by atoms with Gasteiger partial charge in [-0.15, -0.1) is 0 Å². The fraction of sp³-hybridized carbons (Fsp3) is 0.686. The Bertz CT molecular complexity index is 1210. The quantitative estimate of drug-likeness (QED) is 0.0384. The van der Waals surface area contributed by atoms with Gasteiger partial charge >= 0.3 is 0 Å². The molecule has 308 valence electrons. The fourth-order valence-electron chi connectivity index (χ4n) is 7.45. The van der Waals surface area contributed by atoms with Crippen molar-refractivity contribution < 1.29 is 16.5 Å². The van der Waals surface area contributed by atoms with Crippen molar-refractivity contribution in [2.75, 3.05) is 0 Å². The standard InChI is InChI=1S/C51H84N2.Ni/c1-6-11-12-13-14-15-16-17-18-19-20-21-22-23-24-25-26-27-28-29-30-31-32-33-34-35-36-37-49(53-51-42-47(9-4)39-48(10-5)43-51)44-52-50-40-45(7-2)38-46(8-3)41-50;/h36-44H,6-35H2,1-5H3;/b37-36+,52-44+,53-49+;. The molecule has 0 aliphatic carbocycles. The number of unbranched alkanes of at least 4 members (excludes halogenated alkanes) is 25. The maximum atomic E-state index is 5.09. The second kappa shape index (κ2) is 35.4. The van der Waals surface area contributed by atoms with Crippen LogP contribution in [-0.2, 0) is 42.2 Å². The second-order valence-corrected chi connectivity index (χ2v) is 15.9. The summed E-state index contributed by atoms with van der Waals surface area (Å²) in [6.07, 6.45) is 47.6. The van der Waals surface area contributed by atoms with Crippen LogP contribution < -0.4 is 0 Å². The predicted octanol–water partition coefficient (Wildman–Crippen LogP) is 17.1. The van der Waals surface area contributed by atoms with E-state index in [0.717, 1.165) is 49.2 Å². The first-order chi connectivity index (χ1) is 26.1. The number of allylic oxidation sites excluding steroid dienone is 2. The summed E-state index contributed by atoms with van der Waals surface area (Å²) >= 11 is 0. The van der Waals surface area contributed by atoms with Gasteiger partial charge < -0.3 is 0 Å². The molecule has 0 fully saturated rings. The van der Waals surface area contributed by atoms with E-state index in [-0.39, 0.29) is 16.5 Å². The Labute approximate surface area is 346 Å². The van der Waals surface area contributed by atoms with Crippen LogP contribution in [0.1, 0.15) is 224 Å². The van der Waals surface area contributed by atoms with Crippen molar-refractivity contribution in [3.8, 4) is 0 Å². The van der Waals surface area contributed by atoms with Gasteiger partial charge in [-0.1, -0.05) is 207 Å². The van der Waals surface area contributed by atoms with Crippen molar-refractivity contribution in [3.63, 3.8) is 0 Å². The summed E-state index contributed by atoms with van der Waals surface area (Å²) in [5.41, 5.74) is 8.38. The first-order valence-electron chi connectivity index (χ1n) is 23.2. The molecule has 2 rings (SSSR count). The number of aliphatic imine (C=N–C) groups is 2. The van der Waals surface area contributed by atoms with Gasteiger partial charge in [-0.3, -0.25) is 4.99 Å². The first-order valence-corrected chi connectivity index (χ1v) is 23.2. The molecule has 0 aliphatic heterocycles. The first kappa shape index (κ1) is 50.0. The van der Waals surface area contributed by atoms with Crippen LogP contribution in [0.25, 0.3) is 0 Å². The summed E-state index contributed by atoms with van der Waals surface area (Å²) in [6, 6.07) is 13.5. The van der Waals surface area contributed by atoms with Gasteiger partial charge in [0.2, 0.25) is 0 Å². The molecule has 3 heteroatoms. The van der Waals surface area contributed by atoms with E-state index in [0.29, 0.717) is 0 Å². The molecule has 0 atom stereocenters. The zero-order chi connectivity index (χ0) is 38.0. The van der Waals surface area contributed by atoms with E-state index in [1.54, 1.807) is 0 Å². The molecule has 0 aromatic heterocycles. The van der Waals surface area contributed by atoms with E-state index in [9.17, 15) is 0 Å². The zero-order valence-corrected chi connectivity index (χ0v) is 37.1. The van der Waals surface area contributed by atoms with Crippen molar-refractivity contribution in [2.24, 2.45) is 9.98 Å². The summed E-state index contributed by atoms with van der Waals surface area (Å²) in [5, 5.41) is 0. The number of nitrogens with zero attached hydrogens (tertiary/aromatic N) is 2. The molecule has 54 heavy (non-hydrogen) atoms. The molecular formula is C51H84N2Ni. The Balaban J connectivity index is 0.0000146. The van der Waals surface area contributed by atoms with Crippen molar-refractivity contribution >= 4 is 23.3 Å². The van der Waals surface area contributed by atoms with E-state index < -0.39 is 0 Å². The largest absolute Gasteiger partial charge is 0.255 e. The molecule has 0 N–H and O–H groups in total. The minimum atomic E-state index is 0. The summed E-state index contributed by atoms with van der Waals surface area (Å²) in [5.74, 6) is 0. The Hall–Kier alpha value is -1.99. The number of aryl methyl sites for hydroxylation is 4. The normalized spacial score (nSPS) is 12.0. The van der Waals surface area contributed by atoms with Gasteiger partial charge in [0, 0.05) is 16.5 Å². The predicted molar refractivity (Wildman–Crippen MR) is 240 cm³/mol. The van der Waals surface area contributed by atoms with Crippen molar-refractivity contribution in [1.82, 2.24) is 0 Å². The molecule has 0 saturated heterocycles. The van der Waals surface area contributed by atoms with Gasteiger partial charge in [-0.05, 0) is 91.1 Å². The van der Waals surface area contributed by atoms with Crippen LogP contribution in [0.5, 0.6) is 0 Å². The summed E-state index contributed by atoms with van der Waals surface area (Å²) in [7, 11) is 0. The average Bonchev–Trinajstić information content (AvgIpc) is 3.19. The van der Waals surface area contributed by atoms with Gasteiger partial charge in [0.25, 0.3) is 0 Å². The molecular weight excluding hydrogens is 699 g/mol. The maximum Gasteiger partial charge on any atom is 0.0816 e. The molecule has 0 aliphatic rings. The monoisotopic (exact) mass is 783 g/mol. The van der Waals surface area contributed by atoms with E-state index in [1.807, 2.05) is 6.21 Å². The molecule has 0 unspecified atom stereocenters. The van der Waals surface area contributed by atoms with Crippen molar-refractivity contribution in [1.29, 1.82) is 0 Å². The molecule has 0 bridgehead atoms. The van der Waals surface area contributed by atoms with Gasteiger partial charge in [-0.25, -0.2) is 4.99 Å². The fourth-order valence-corrected chi connectivity index (χ4v) is 7.45. The topological polar surface area (TPSA) is 24.7 Å². The maximum absolute atomic E-state index is 5.09. The molecule has 2 nitrogen and oxygen atoms in total. The second-order valence-electron chi connectivity index (χ2n) is 15.9. The average molecular weight is 784 g/mol. The van der Waals surface area contributed by atoms with Crippen LogP contribution in [0.2, 0.25) is 0 Å². The van der Waals surface area contributed by atoms with Crippen LogP contribution in [0, 0.1) is 0 Å². The van der Waals surface area contributed by atoms with Crippen LogP contribution in [0.4, 0.5) is 11.4 Å². The number of hydrogen-bond acceptors (Lipinski definition) is 2. The Morgan fingerprint density at radius 2 is 0.722 bits per heavy atom. The SMILES string of the molecule is CCCCCCCCCCCCCCCCCCCCCCCCCCC/C=C/C(/C=N/c1cc(CC)cc(CC)c1)=N\c1cc(CC)cc(CC)c1.[Ni]. The smallest absolute Gasteiger partial charge is 0.0816 e. The minimum Gasteiger partial charge on any atom is -0.255 e. The van der Waals surface area contributed by atoms with E-state index in [4.69, 9.17) is 9.98 Å². The Morgan fingerprint density at radius 1 is 0.407 bits per heavy atom. The molecule has 0 spiro atoms. The van der Waals surface area contributed by atoms with Gasteiger partial charge in [-0.2, -0.15) is 0 Å². The number of hydrogen-bond donors (Lipinski definition) is 0. The number of rotatable bonds is 34. The Kier molecular flexibility index (Phi) is 32.8. The Morgan fingerprint density at radius 3 is 1.06 bits per heavy atom. The van der Waals surface area contributed by atoms with Gasteiger partial charge in [0.15, 0.2) is 0 Å². The molecule has 2 aromatic rings. The van der Waals surface area contributed by atoms with Crippen LogP contribution in [-0.4, -0.2) is 11.9 Å². The molecule has 0 radical (unpaired) electrons. The molecule has 0 heterocycles. The van der Waals surface area contributed by atoms with Gasteiger partial charge in [0.1, 0.15) is 0 Å². The number of benzene rings is 2. The zero-order valence-electron chi connectivity index (χ0n) is 36.1. The minimum absolute atomic E-state index is 0. The van der Waals surface area contributed by atoms with Crippen LogP contribution in [0.3, 0.4) is 0 Å². The third kappa shape index (κ3) is 26.0. The van der Waals surface area contributed by atoms with E-state index in [1.165, 1.54) is 183 Å². The van der Waals surface area contributed by atoms with Crippen LogP contribution >= 0.6 is 0 Å². The third-order valence-corrected chi connectivity index (χ3v) is 11.1. The van der Waals surface area contributed by atoms with E-state index in [2.05, 4.69) is 83.2 Å². The molecule has 0 saturated carbocycles. The summed E-state index contributed by atoms with van der Waals surface area (Å²) < 4.78 is 0. The summed E-state index contributed by atoms with van der Waals surface area (Å²) in [6.45, 7) is 11.2. The van der Waals surface area contributed by atoms with Crippen molar-refractivity contribution in [2.45, 2.75) is 227 Å². The van der Waals surface area contributed by atoms with Crippen LogP contribution in [0.15, 0.2) is 58.5 Å².